The first-order valence-electron chi connectivity index (χ1n) is 10.00. The van der Waals surface area contributed by atoms with Gasteiger partial charge in [-0.25, -0.2) is 18.4 Å². The summed E-state index contributed by atoms with van der Waals surface area (Å²) in [7, 11) is 1.52. The number of urea groups is 1. The number of hydrogen-bond donors (Lipinski definition) is 2. The van der Waals surface area contributed by atoms with Gasteiger partial charge in [-0.05, 0) is 35.7 Å². The monoisotopic (exact) mass is 451 g/mol. The van der Waals surface area contributed by atoms with Crippen molar-refractivity contribution in [3.05, 3.63) is 81.1 Å². The minimum absolute atomic E-state index is 0.143. The van der Waals surface area contributed by atoms with E-state index in [1.165, 1.54) is 48.0 Å². The number of hydrogen-bond acceptors (Lipinski definition) is 3. The van der Waals surface area contributed by atoms with Gasteiger partial charge in [0.05, 0.1) is 24.5 Å². The molecule has 1 unspecified atom stereocenters. The molecule has 3 amide bonds. The number of likely N-dealkylation sites (N-methyl/N-ethyl adjacent to an activating group) is 1. The highest BCUT2D eigenvalue weighted by molar-refractivity contribution is 5.92. The Balaban J connectivity index is 1.76. The van der Waals surface area contributed by atoms with Crippen molar-refractivity contribution in [3.8, 4) is 0 Å². The van der Waals surface area contributed by atoms with Gasteiger partial charge >= 0.3 is 6.03 Å². The Labute approximate surface area is 187 Å². The molecule has 0 saturated heterocycles. The van der Waals surface area contributed by atoms with E-state index >= 15 is 0 Å². The smallest absolute Gasteiger partial charge is 0.322 e. The Kier molecular flexibility index (Phi) is 5.55. The Morgan fingerprint density at radius 1 is 1.21 bits per heavy atom. The Hall–Kier alpha value is -4.26. The zero-order chi connectivity index (χ0) is 23.9. The summed E-state index contributed by atoms with van der Waals surface area (Å²) in [5, 5.41) is 3.25. The summed E-state index contributed by atoms with van der Waals surface area (Å²) >= 11 is 0. The van der Waals surface area contributed by atoms with E-state index in [9.17, 15) is 23.2 Å². The number of benzene rings is 2. The summed E-state index contributed by atoms with van der Waals surface area (Å²) in [6, 6.07) is 6.27. The summed E-state index contributed by atoms with van der Waals surface area (Å²) in [6.07, 6.45) is 0. The lowest BCUT2D eigenvalue weighted by atomic mass is 9.93. The van der Waals surface area contributed by atoms with E-state index in [0.717, 1.165) is 12.1 Å². The highest BCUT2D eigenvalue weighted by Gasteiger charge is 2.34. The van der Waals surface area contributed by atoms with Crippen LogP contribution in [0, 0.1) is 18.2 Å². The van der Waals surface area contributed by atoms with E-state index < -0.39 is 29.3 Å². The molecule has 0 fully saturated rings. The maximum absolute atomic E-state index is 13.8. The lowest BCUT2D eigenvalue weighted by Gasteiger charge is -2.39. The van der Waals surface area contributed by atoms with Crippen molar-refractivity contribution in [2.45, 2.75) is 19.5 Å². The summed E-state index contributed by atoms with van der Waals surface area (Å²) in [5.74, 6) is -1.50. The maximum atomic E-state index is 13.8. The van der Waals surface area contributed by atoms with Crippen LogP contribution in [0.4, 0.5) is 25.0 Å². The standard InChI is InChI=1S/C23H19F2N5O3/c1-12(31)30-10-19-21(15-6-4-13(24)8-16(15)22(32)28-19)20(11-30)29(3)23(33)27-14-5-7-17(25)18(9-14)26-2/h4-9,20H,10-11H2,1,3H3,(H,27,33)(H,28,32). The van der Waals surface area contributed by atoms with Gasteiger partial charge in [0.25, 0.3) is 5.56 Å². The molecule has 0 saturated carbocycles. The molecule has 1 aromatic heterocycles. The number of nitrogens with one attached hydrogen (secondary N) is 2. The van der Waals surface area contributed by atoms with Gasteiger partial charge in [0.15, 0.2) is 0 Å². The summed E-state index contributed by atoms with van der Waals surface area (Å²) in [4.78, 5) is 46.4. The maximum Gasteiger partial charge on any atom is 0.322 e. The lowest BCUT2D eigenvalue weighted by molar-refractivity contribution is -0.130. The fourth-order valence-electron chi connectivity index (χ4n) is 4.02. The first-order chi connectivity index (χ1) is 15.7. The van der Waals surface area contributed by atoms with E-state index in [4.69, 9.17) is 6.57 Å². The highest BCUT2D eigenvalue weighted by atomic mass is 19.1. The number of halogens is 2. The van der Waals surface area contributed by atoms with E-state index in [1.807, 2.05) is 0 Å². The number of carbonyl (C=O) groups excluding carboxylic acids is 2. The number of pyridine rings is 1. The summed E-state index contributed by atoms with van der Waals surface area (Å²) < 4.78 is 27.4. The van der Waals surface area contributed by atoms with Crippen LogP contribution in [0.5, 0.6) is 0 Å². The molecule has 3 aromatic rings. The van der Waals surface area contributed by atoms with Crippen molar-refractivity contribution >= 4 is 34.1 Å². The minimum Gasteiger partial charge on any atom is -0.335 e. The third-order valence-electron chi connectivity index (χ3n) is 5.73. The predicted molar refractivity (Wildman–Crippen MR) is 118 cm³/mol. The van der Waals surface area contributed by atoms with Crippen molar-refractivity contribution in [1.29, 1.82) is 0 Å². The van der Waals surface area contributed by atoms with Gasteiger partial charge in [-0.1, -0.05) is 6.07 Å². The van der Waals surface area contributed by atoms with Gasteiger partial charge in [0, 0.05) is 37.5 Å². The summed E-state index contributed by atoms with van der Waals surface area (Å²) in [5.41, 5.74) is 0.583. The Morgan fingerprint density at radius 3 is 2.67 bits per heavy atom. The van der Waals surface area contributed by atoms with Crippen LogP contribution in [0.3, 0.4) is 0 Å². The van der Waals surface area contributed by atoms with E-state index in [1.54, 1.807) is 0 Å². The molecule has 2 heterocycles. The molecule has 2 N–H and O–H groups in total. The van der Waals surface area contributed by atoms with Crippen LogP contribution in [0.1, 0.15) is 24.2 Å². The van der Waals surface area contributed by atoms with Crippen molar-refractivity contribution < 1.29 is 18.4 Å². The van der Waals surface area contributed by atoms with Gasteiger partial charge in [-0.2, -0.15) is 0 Å². The van der Waals surface area contributed by atoms with E-state index in [0.29, 0.717) is 16.6 Å². The molecule has 8 nitrogen and oxygen atoms in total. The van der Waals surface area contributed by atoms with Crippen LogP contribution in [0.2, 0.25) is 0 Å². The zero-order valence-corrected chi connectivity index (χ0v) is 17.8. The minimum atomic E-state index is -0.697. The number of carbonyl (C=O) groups is 2. The quantitative estimate of drug-likeness (QED) is 0.579. The first kappa shape index (κ1) is 22.0. The second-order valence-corrected chi connectivity index (χ2v) is 7.77. The van der Waals surface area contributed by atoms with E-state index in [-0.39, 0.29) is 35.8 Å². The fraction of sp³-hybridized carbons (Fsp3) is 0.217. The number of H-pyrrole nitrogens is 1. The number of amides is 3. The number of fused-ring (bicyclic) bond motifs is 3. The number of nitrogens with zero attached hydrogens (tertiary/aromatic N) is 3. The fourth-order valence-corrected chi connectivity index (χ4v) is 4.02. The van der Waals surface area contributed by atoms with Gasteiger partial charge in [-0.3, -0.25) is 9.59 Å². The highest BCUT2D eigenvalue weighted by Crippen LogP contribution is 2.34. The first-order valence-corrected chi connectivity index (χ1v) is 10.00. The molecule has 1 aliphatic rings. The van der Waals surface area contributed by atoms with Crippen LogP contribution in [-0.2, 0) is 11.3 Å². The number of rotatable bonds is 2. The SMILES string of the molecule is [C-]#[N+]c1cc(NC(=O)N(C)C2CN(C(C)=O)Cc3[nH]c(=O)c4cc(F)ccc4c32)ccc1F. The van der Waals surface area contributed by atoms with Crippen LogP contribution < -0.4 is 10.9 Å². The molecule has 0 bridgehead atoms. The van der Waals surface area contributed by atoms with Crippen molar-refractivity contribution in [1.82, 2.24) is 14.8 Å². The van der Waals surface area contributed by atoms with Crippen molar-refractivity contribution in [3.63, 3.8) is 0 Å². The number of aromatic amines is 1. The molecule has 1 atom stereocenters. The molecule has 2 aromatic carbocycles. The molecule has 4 rings (SSSR count). The normalized spacial score (nSPS) is 15.0. The van der Waals surface area contributed by atoms with E-state index in [2.05, 4.69) is 15.1 Å². The molecule has 1 aliphatic heterocycles. The molecule has 0 radical (unpaired) electrons. The number of anilines is 1. The average Bonchev–Trinajstić information content (AvgIpc) is 2.79. The molecule has 168 valence electrons. The molecule has 10 heteroatoms. The molecule has 0 spiro atoms. The Morgan fingerprint density at radius 2 is 1.97 bits per heavy atom. The van der Waals surface area contributed by atoms with Gasteiger partial charge in [0.1, 0.15) is 11.6 Å². The van der Waals surface area contributed by atoms with Gasteiger partial charge in [-0.15, -0.1) is 0 Å². The molecular weight excluding hydrogens is 432 g/mol. The van der Waals surface area contributed by atoms with Crippen LogP contribution in [0.25, 0.3) is 15.6 Å². The lowest BCUT2D eigenvalue weighted by Crippen LogP contribution is -2.46. The molecule has 0 aliphatic carbocycles. The van der Waals surface area contributed by atoms with Crippen LogP contribution in [0.15, 0.2) is 41.2 Å². The Bertz CT molecular complexity index is 1400. The molecule has 33 heavy (non-hydrogen) atoms. The van der Waals surface area contributed by atoms with Crippen molar-refractivity contribution in [2.75, 3.05) is 18.9 Å². The summed E-state index contributed by atoms with van der Waals surface area (Å²) in [6.45, 7) is 8.72. The second kappa shape index (κ2) is 8.35. The van der Waals surface area contributed by atoms with Gasteiger partial charge < -0.3 is 20.1 Å². The predicted octanol–water partition coefficient (Wildman–Crippen LogP) is 3.92. The van der Waals surface area contributed by atoms with Crippen LogP contribution in [-0.4, -0.2) is 40.3 Å². The number of aromatic nitrogens is 1. The third-order valence-corrected chi connectivity index (χ3v) is 5.73. The van der Waals surface area contributed by atoms with Crippen molar-refractivity contribution in [2.24, 2.45) is 0 Å². The topological polar surface area (TPSA) is 89.9 Å². The third kappa shape index (κ3) is 4.01. The molecular formula is C23H19F2N5O3. The zero-order valence-electron chi connectivity index (χ0n) is 17.8. The van der Waals surface area contributed by atoms with Gasteiger partial charge in [0.2, 0.25) is 11.6 Å². The average molecular weight is 451 g/mol. The largest absolute Gasteiger partial charge is 0.335 e. The van der Waals surface area contributed by atoms with Crippen LogP contribution >= 0.6 is 0 Å². The second-order valence-electron chi connectivity index (χ2n) is 7.77.